The maximum atomic E-state index is 12.1. The molecule has 0 spiro atoms. The normalized spacial score (nSPS) is 11.7. The van der Waals surface area contributed by atoms with Crippen molar-refractivity contribution in [3.8, 4) is 0 Å². The topological polar surface area (TPSA) is 17.1 Å². The monoisotopic (exact) mass is 194 g/mol. The minimum absolute atomic E-state index is 0.243. The molecule has 0 aliphatic heterocycles. The highest BCUT2D eigenvalue weighted by Crippen LogP contribution is 2.34. The molecule has 0 unspecified atom stereocenters. The second-order valence-electron chi connectivity index (χ2n) is 2.25. The SMILES string of the molecule is CC(=O)c1cscc1C(F)(F)F. The van der Waals surface area contributed by atoms with Crippen LogP contribution in [-0.4, -0.2) is 5.78 Å². The van der Waals surface area contributed by atoms with E-state index in [-0.39, 0.29) is 5.56 Å². The number of alkyl halides is 3. The van der Waals surface area contributed by atoms with Gasteiger partial charge >= 0.3 is 6.18 Å². The van der Waals surface area contributed by atoms with Crippen molar-refractivity contribution in [2.24, 2.45) is 0 Å². The van der Waals surface area contributed by atoms with Gasteiger partial charge in [0.2, 0.25) is 0 Å². The van der Waals surface area contributed by atoms with E-state index in [1.165, 1.54) is 5.38 Å². The van der Waals surface area contributed by atoms with Gasteiger partial charge in [-0.2, -0.15) is 24.5 Å². The molecule has 0 aliphatic rings. The van der Waals surface area contributed by atoms with Crippen LogP contribution in [0.25, 0.3) is 0 Å². The van der Waals surface area contributed by atoms with Gasteiger partial charge in [0.1, 0.15) is 0 Å². The van der Waals surface area contributed by atoms with Crippen LogP contribution in [0.4, 0.5) is 13.2 Å². The summed E-state index contributed by atoms with van der Waals surface area (Å²) in [5.41, 5.74) is -1.08. The van der Waals surface area contributed by atoms with Gasteiger partial charge in [-0.1, -0.05) is 0 Å². The first-order valence-electron chi connectivity index (χ1n) is 3.07. The molecule has 1 heterocycles. The lowest BCUT2D eigenvalue weighted by atomic mass is 10.1. The number of carbonyl (C=O) groups excluding carboxylic acids is 1. The van der Waals surface area contributed by atoms with Crippen LogP contribution in [-0.2, 0) is 6.18 Å². The Morgan fingerprint density at radius 2 is 2.00 bits per heavy atom. The van der Waals surface area contributed by atoms with E-state index in [9.17, 15) is 18.0 Å². The van der Waals surface area contributed by atoms with Gasteiger partial charge in [-0.3, -0.25) is 4.79 Å². The fourth-order valence-electron chi connectivity index (χ4n) is 0.789. The Hall–Kier alpha value is -0.840. The summed E-state index contributed by atoms with van der Waals surface area (Å²) >= 11 is 0.881. The van der Waals surface area contributed by atoms with Crippen LogP contribution in [0, 0.1) is 0 Å². The Morgan fingerprint density at radius 3 is 2.33 bits per heavy atom. The molecule has 0 radical (unpaired) electrons. The van der Waals surface area contributed by atoms with Crippen molar-refractivity contribution in [1.29, 1.82) is 0 Å². The van der Waals surface area contributed by atoms with E-state index in [1.54, 1.807) is 0 Å². The summed E-state index contributed by atoms with van der Waals surface area (Å²) in [5, 5.41) is 2.15. The molecule has 1 nitrogen and oxygen atoms in total. The third-order valence-electron chi connectivity index (χ3n) is 1.35. The van der Waals surface area contributed by atoms with Gasteiger partial charge < -0.3 is 0 Å². The highest BCUT2D eigenvalue weighted by atomic mass is 32.1. The van der Waals surface area contributed by atoms with Crippen LogP contribution in [0.5, 0.6) is 0 Å². The average Bonchev–Trinajstić information content (AvgIpc) is 2.30. The van der Waals surface area contributed by atoms with E-state index in [0.29, 0.717) is 0 Å². The fourth-order valence-corrected chi connectivity index (χ4v) is 1.68. The van der Waals surface area contributed by atoms with E-state index in [1.807, 2.05) is 0 Å². The Kier molecular flexibility index (Phi) is 2.23. The molecule has 0 fully saturated rings. The number of Topliss-reactive ketones (excluding diaryl/α,β-unsaturated/α-hetero) is 1. The predicted molar refractivity (Wildman–Crippen MR) is 39.3 cm³/mol. The zero-order valence-electron chi connectivity index (χ0n) is 6.11. The summed E-state index contributed by atoms with van der Waals surface area (Å²) in [6.07, 6.45) is -4.42. The van der Waals surface area contributed by atoms with E-state index in [2.05, 4.69) is 0 Å². The second-order valence-corrected chi connectivity index (χ2v) is 3.00. The van der Waals surface area contributed by atoms with E-state index < -0.39 is 17.5 Å². The van der Waals surface area contributed by atoms with Crippen molar-refractivity contribution in [2.45, 2.75) is 13.1 Å². The van der Waals surface area contributed by atoms with Gasteiger partial charge in [0.25, 0.3) is 0 Å². The fraction of sp³-hybridized carbons (Fsp3) is 0.286. The van der Waals surface area contributed by atoms with Gasteiger partial charge in [0.15, 0.2) is 5.78 Å². The molecule has 0 bridgehead atoms. The van der Waals surface area contributed by atoms with Crippen LogP contribution >= 0.6 is 11.3 Å². The number of carbonyl (C=O) groups is 1. The number of halogens is 3. The molecule has 0 N–H and O–H groups in total. The lowest BCUT2D eigenvalue weighted by Gasteiger charge is -2.04. The van der Waals surface area contributed by atoms with Crippen LogP contribution in [0.2, 0.25) is 0 Å². The summed E-state index contributed by atoms with van der Waals surface area (Å²) in [7, 11) is 0. The number of thiophene rings is 1. The third kappa shape index (κ3) is 1.66. The maximum absolute atomic E-state index is 12.1. The summed E-state index contributed by atoms with van der Waals surface area (Å²) in [5.74, 6) is -0.552. The first kappa shape index (κ1) is 9.25. The minimum atomic E-state index is -4.42. The van der Waals surface area contributed by atoms with Crippen molar-refractivity contribution in [2.75, 3.05) is 0 Å². The van der Waals surface area contributed by atoms with Crippen LogP contribution in [0.15, 0.2) is 10.8 Å². The molecule has 0 atom stereocenters. The Balaban J connectivity index is 3.17. The first-order chi connectivity index (χ1) is 5.43. The summed E-state index contributed by atoms with van der Waals surface area (Å²) < 4.78 is 36.3. The Morgan fingerprint density at radius 1 is 1.42 bits per heavy atom. The zero-order chi connectivity index (χ0) is 9.35. The summed E-state index contributed by atoms with van der Waals surface area (Å²) in [6, 6.07) is 0. The lowest BCUT2D eigenvalue weighted by Crippen LogP contribution is -2.08. The second kappa shape index (κ2) is 2.90. The quantitative estimate of drug-likeness (QED) is 0.628. The van der Waals surface area contributed by atoms with Crippen molar-refractivity contribution < 1.29 is 18.0 Å². The Labute approximate surface area is 70.8 Å². The molecular weight excluding hydrogens is 189 g/mol. The molecule has 0 aliphatic carbocycles. The van der Waals surface area contributed by atoms with Gasteiger partial charge in [0, 0.05) is 16.3 Å². The van der Waals surface area contributed by atoms with Crippen LogP contribution in [0.3, 0.4) is 0 Å². The minimum Gasteiger partial charge on any atom is -0.294 e. The molecule has 1 aromatic rings. The van der Waals surface area contributed by atoms with Crippen molar-refractivity contribution >= 4 is 17.1 Å². The number of rotatable bonds is 1. The maximum Gasteiger partial charge on any atom is 0.417 e. The molecule has 0 amide bonds. The highest BCUT2D eigenvalue weighted by Gasteiger charge is 2.34. The lowest BCUT2D eigenvalue weighted by molar-refractivity contribution is -0.137. The van der Waals surface area contributed by atoms with Crippen LogP contribution in [0.1, 0.15) is 22.8 Å². The summed E-state index contributed by atoms with van der Waals surface area (Å²) in [6.45, 7) is 1.12. The van der Waals surface area contributed by atoms with Gasteiger partial charge in [-0.05, 0) is 6.92 Å². The largest absolute Gasteiger partial charge is 0.417 e. The zero-order valence-corrected chi connectivity index (χ0v) is 6.92. The van der Waals surface area contributed by atoms with Gasteiger partial charge in [-0.15, -0.1) is 0 Å². The highest BCUT2D eigenvalue weighted by molar-refractivity contribution is 7.08. The third-order valence-corrected chi connectivity index (χ3v) is 2.09. The van der Waals surface area contributed by atoms with Crippen LogP contribution < -0.4 is 0 Å². The van der Waals surface area contributed by atoms with Crippen molar-refractivity contribution in [1.82, 2.24) is 0 Å². The molecule has 5 heteroatoms. The van der Waals surface area contributed by atoms with Crippen molar-refractivity contribution in [3.63, 3.8) is 0 Å². The molecule has 12 heavy (non-hydrogen) atoms. The average molecular weight is 194 g/mol. The Bertz CT molecular complexity index is 300. The summed E-state index contributed by atoms with van der Waals surface area (Å²) in [4.78, 5) is 10.7. The van der Waals surface area contributed by atoms with Gasteiger partial charge in [-0.25, -0.2) is 0 Å². The molecule has 0 aromatic carbocycles. The molecule has 66 valence electrons. The van der Waals surface area contributed by atoms with Crippen molar-refractivity contribution in [3.05, 3.63) is 21.9 Å². The molecule has 1 aromatic heterocycles. The molecule has 0 saturated carbocycles. The smallest absolute Gasteiger partial charge is 0.294 e. The number of ketones is 1. The molecule has 0 saturated heterocycles. The number of hydrogen-bond donors (Lipinski definition) is 0. The first-order valence-corrected chi connectivity index (χ1v) is 4.01. The van der Waals surface area contributed by atoms with E-state index >= 15 is 0 Å². The number of hydrogen-bond acceptors (Lipinski definition) is 2. The van der Waals surface area contributed by atoms with E-state index in [4.69, 9.17) is 0 Å². The molecular formula is C7H5F3OS. The molecule has 1 rings (SSSR count). The standard InChI is InChI=1S/C7H5F3OS/c1-4(11)5-2-12-3-6(5)7(8,9)10/h2-3H,1H3. The van der Waals surface area contributed by atoms with E-state index in [0.717, 1.165) is 23.6 Å². The predicted octanol–water partition coefficient (Wildman–Crippen LogP) is 2.97. The van der Waals surface area contributed by atoms with Gasteiger partial charge in [0.05, 0.1) is 5.56 Å².